The zero-order valence-electron chi connectivity index (χ0n) is 16.6. The maximum Gasteiger partial charge on any atom is 0.422 e. The lowest BCUT2D eigenvalue weighted by atomic mass is 9.91. The fraction of sp³-hybridized carbons (Fsp3) is 0.409. The zero-order chi connectivity index (χ0) is 22.0. The van der Waals surface area contributed by atoms with E-state index in [1.165, 1.54) is 18.3 Å². The number of nitrogens with zero attached hydrogens (tertiary/aromatic N) is 2. The summed E-state index contributed by atoms with van der Waals surface area (Å²) >= 11 is 0. The molecule has 0 amide bonds. The third-order valence-corrected chi connectivity index (χ3v) is 5.42. The monoisotopic (exact) mass is 438 g/mol. The van der Waals surface area contributed by atoms with Gasteiger partial charge >= 0.3 is 6.18 Å². The van der Waals surface area contributed by atoms with Crippen LogP contribution in [0.4, 0.5) is 23.2 Å². The Morgan fingerprint density at radius 2 is 2.06 bits per heavy atom. The third kappa shape index (κ3) is 4.99. The van der Waals surface area contributed by atoms with Crippen LogP contribution in [0.2, 0.25) is 0 Å². The summed E-state index contributed by atoms with van der Waals surface area (Å²) in [7, 11) is 0. The lowest BCUT2D eigenvalue weighted by Gasteiger charge is -2.41. The van der Waals surface area contributed by atoms with Gasteiger partial charge in [-0.1, -0.05) is 24.3 Å². The molecule has 1 N–H and O–H groups in total. The highest BCUT2D eigenvalue weighted by molar-refractivity contribution is 5.81. The van der Waals surface area contributed by atoms with Crippen LogP contribution in [0, 0.1) is 5.82 Å². The van der Waals surface area contributed by atoms with Crippen molar-refractivity contribution in [2.45, 2.75) is 31.2 Å². The van der Waals surface area contributed by atoms with Gasteiger partial charge < -0.3 is 19.5 Å². The van der Waals surface area contributed by atoms with E-state index >= 15 is 0 Å². The maximum atomic E-state index is 14.8. The topological polar surface area (TPSA) is 54.8 Å². The third-order valence-electron chi connectivity index (χ3n) is 5.42. The van der Waals surface area contributed by atoms with Crippen molar-refractivity contribution >= 4 is 11.3 Å². The van der Waals surface area contributed by atoms with Gasteiger partial charge in [0.1, 0.15) is 5.82 Å². The van der Waals surface area contributed by atoms with Gasteiger partial charge in [0.25, 0.3) is 0 Å². The second kappa shape index (κ2) is 8.84. The number of allylic oxidation sites excluding steroid dienone is 1. The maximum absolute atomic E-state index is 14.8. The number of hydrogen-bond acceptors (Lipinski definition) is 5. The van der Waals surface area contributed by atoms with E-state index in [9.17, 15) is 22.7 Å². The van der Waals surface area contributed by atoms with Crippen LogP contribution in [0.25, 0.3) is 5.57 Å². The number of hydrogen-bond donors (Lipinski definition) is 1. The van der Waals surface area contributed by atoms with Gasteiger partial charge in [-0.05, 0) is 30.0 Å². The van der Waals surface area contributed by atoms with E-state index in [1.807, 2.05) is 17.0 Å². The van der Waals surface area contributed by atoms with Crippen LogP contribution in [0.5, 0.6) is 5.88 Å². The minimum Gasteiger partial charge on any atom is -0.468 e. The predicted molar refractivity (Wildman–Crippen MR) is 106 cm³/mol. The van der Waals surface area contributed by atoms with Gasteiger partial charge in [0.15, 0.2) is 6.61 Å². The van der Waals surface area contributed by atoms with Crippen molar-refractivity contribution in [2.24, 2.45) is 0 Å². The fourth-order valence-corrected chi connectivity index (χ4v) is 4.00. The molecule has 31 heavy (non-hydrogen) atoms. The van der Waals surface area contributed by atoms with E-state index in [-0.39, 0.29) is 24.3 Å². The van der Waals surface area contributed by atoms with E-state index in [1.54, 1.807) is 12.1 Å². The van der Waals surface area contributed by atoms with E-state index in [2.05, 4.69) is 9.72 Å². The van der Waals surface area contributed by atoms with Crippen LogP contribution in [-0.4, -0.2) is 54.8 Å². The summed E-state index contributed by atoms with van der Waals surface area (Å²) in [6.45, 7) is -0.237. The summed E-state index contributed by atoms with van der Waals surface area (Å²) < 4.78 is 61.6. The molecule has 0 aliphatic carbocycles. The second-order valence-corrected chi connectivity index (χ2v) is 7.60. The molecule has 1 aromatic carbocycles. The van der Waals surface area contributed by atoms with Crippen LogP contribution in [-0.2, 0) is 11.2 Å². The van der Waals surface area contributed by atoms with E-state index in [0.717, 1.165) is 16.7 Å². The number of benzene rings is 1. The molecular weight excluding hydrogens is 416 g/mol. The molecule has 5 nitrogen and oxygen atoms in total. The van der Waals surface area contributed by atoms with Gasteiger partial charge in [-0.25, -0.2) is 9.37 Å². The normalized spacial score (nSPS) is 21.5. The number of para-hydroxylation sites is 1. The Labute approximate surface area is 176 Å². The van der Waals surface area contributed by atoms with Crippen LogP contribution < -0.4 is 9.64 Å². The average Bonchev–Trinajstić information content (AvgIpc) is 2.74. The Bertz CT molecular complexity index is 947. The number of alkyl halides is 3. The van der Waals surface area contributed by atoms with Crippen molar-refractivity contribution in [1.29, 1.82) is 0 Å². The molecule has 1 fully saturated rings. The molecule has 1 saturated heterocycles. The van der Waals surface area contributed by atoms with Crippen molar-refractivity contribution in [1.82, 2.24) is 4.98 Å². The Morgan fingerprint density at radius 1 is 1.23 bits per heavy atom. The fourth-order valence-electron chi connectivity index (χ4n) is 4.00. The number of aliphatic hydroxyl groups excluding tert-OH is 1. The summed E-state index contributed by atoms with van der Waals surface area (Å²) in [5.41, 5.74) is 2.82. The minimum atomic E-state index is -4.43. The first-order valence-electron chi connectivity index (χ1n) is 9.96. The van der Waals surface area contributed by atoms with Crippen molar-refractivity contribution in [3.8, 4) is 5.88 Å². The molecule has 0 spiro atoms. The molecule has 0 unspecified atom stereocenters. The van der Waals surface area contributed by atoms with Crippen molar-refractivity contribution < 1.29 is 32.1 Å². The lowest BCUT2D eigenvalue weighted by Crippen LogP contribution is -2.50. The number of aliphatic hydroxyl groups is 1. The summed E-state index contributed by atoms with van der Waals surface area (Å²) in [6, 6.07) is 7.66. The first-order chi connectivity index (χ1) is 14.8. The number of rotatable bonds is 5. The molecule has 0 radical (unpaired) electrons. The van der Waals surface area contributed by atoms with Crippen molar-refractivity contribution in [3.05, 3.63) is 59.5 Å². The quantitative estimate of drug-likeness (QED) is 0.721. The molecule has 0 saturated carbocycles. The Hall–Kier alpha value is -2.65. The van der Waals surface area contributed by atoms with Crippen molar-refractivity contribution in [3.63, 3.8) is 0 Å². The lowest BCUT2D eigenvalue weighted by molar-refractivity contribution is -0.154. The first kappa shape index (κ1) is 21.6. The largest absolute Gasteiger partial charge is 0.468 e. The highest BCUT2D eigenvalue weighted by Crippen LogP contribution is 2.38. The van der Waals surface area contributed by atoms with E-state index < -0.39 is 18.9 Å². The SMILES string of the molecule is O[C@H]1COCC[C@@H]1N1CC=C(Cc2ccc(OCC(F)(F)F)nc2)c2cccc(F)c21. The van der Waals surface area contributed by atoms with Crippen molar-refractivity contribution in [2.75, 3.05) is 31.3 Å². The van der Waals surface area contributed by atoms with Crippen LogP contribution in [0.3, 0.4) is 0 Å². The Kier molecular flexibility index (Phi) is 6.15. The summed E-state index contributed by atoms with van der Waals surface area (Å²) in [6.07, 6.45) is -0.651. The molecule has 2 aromatic rings. The number of pyridine rings is 1. The number of anilines is 1. The summed E-state index contributed by atoms with van der Waals surface area (Å²) in [4.78, 5) is 5.82. The summed E-state index contributed by atoms with van der Waals surface area (Å²) in [5.74, 6) is -0.472. The second-order valence-electron chi connectivity index (χ2n) is 7.60. The van der Waals surface area contributed by atoms with Gasteiger partial charge in [0.05, 0.1) is 24.4 Å². The first-order valence-corrected chi connectivity index (χ1v) is 9.96. The molecular formula is C22H22F4N2O3. The van der Waals surface area contributed by atoms with Gasteiger partial charge in [0, 0.05) is 31.0 Å². The molecule has 3 heterocycles. The smallest absolute Gasteiger partial charge is 0.422 e. The van der Waals surface area contributed by atoms with E-state index in [4.69, 9.17) is 4.74 Å². The number of fused-ring (bicyclic) bond motifs is 1. The number of aromatic nitrogens is 1. The van der Waals surface area contributed by atoms with Gasteiger partial charge in [-0.3, -0.25) is 0 Å². The molecule has 0 bridgehead atoms. The molecule has 2 aliphatic heterocycles. The highest BCUT2D eigenvalue weighted by atomic mass is 19.4. The predicted octanol–water partition coefficient (Wildman–Crippen LogP) is 3.76. The van der Waals surface area contributed by atoms with Gasteiger partial charge in [0.2, 0.25) is 5.88 Å². The standard InChI is InChI=1S/C22H22F4N2O3/c23-17-3-1-2-16-15(6-8-28(21(16)17)18-7-9-30-12-19(18)29)10-14-4-5-20(27-11-14)31-13-22(24,25)26/h1-6,11,18-19,29H,7-10,12-13H2/t18-,19-/m0/s1. The highest BCUT2D eigenvalue weighted by Gasteiger charge is 2.34. The number of halogens is 4. The molecule has 2 aliphatic rings. The zero-order valence-corrected chi connectivity index (χ0v) is 16.6. The molecule has 166 valence electrons. The van der Waals surface area contributed by atoms with Gasteiger partial charge in [-0.2, -0.15) is 13.2 Å². The Morgan fingerprint density at radius 3 is 2.77 bits per heavy atom. The van der Waals surface area contributed by atoms with Crippen LogP contribution >= 0.6 is 0 Å². The van der Waals surface area contributed by atoms with Gasteiger partial charge in [-0.15, -0.1) is 0 Å². The molecule has 9 heteroatoms. The minimum absolute atomic E-state index is 0.107. The van der Waals surface area contributed by atoms with Crippen LogP contribution in [0.15, 0.2) is 42.6 Å². The van der Waals surface area contributed by atoms with E-state index in [0.29, 0.717) is 31.7 Å². The molecule has 1 aromatic heterocycles. The number of ether oxygens (including phenoxy) is 2. The molecule has 4 rings (SSSR count). The average molecular weight is 438 g/mol. The Balaban J connectivity index is 1.53. The molecule has 2 atom stereocenters. The summed E-state index contributed by atoms with van der Waals surface area (Å²) in [5, 5.41) is 10.4. The van der Waals surface area contributed by atoms with Crippen LogP contribution in [0.1, 0.15) is 17.5 Å².